The van der Waals surface area contributed by atoms with Gasteiger partial charge >= 0.3 is 0 Å². The van der Waals surface area contributed by atoms with Gasteiger partial charge in [0.1, 0.15) is 0 Å². The van der Waals surface area contributed by atoms with Crippen molar-refractivity contribution in [3.05, 3.63) is 0 Å². The summed E-state index contributed by atoms with van der Waals surface area (Å²) in [5.74, 6) is 0. The van der Waals surface area contributed by atoms with Gasteiger partial charge in [-0.25, -0.2) is 0 Å². The average Bonchev–Trinajstić information content (AvgIpc) is 3.05. The smallest absolute Gasteiger partial charge is 0.0589 e. The molecule has 1 N–H and O–H groups in total. The quantitative estimate of drug-likeness (QED) is 0.718. The molecule has 0 aromatic rings. The van der Waals surface area contributed by atoms with Gasteiger partial charge in [0.15, 0.2) is 0 Å². The molecule has 2 aliphatic carbocycles. The van der Waals surface area contributed by atoms with Crippen molar-refractivity contribution in [3.8, 4) is 0 Å². The molecule has 2 rings (SSSR count). The van der Waals surface area contributed by atoms with Crippen LogP contribution in [0.25, 0.3) is 0 Å². The van der Waals surface area contributed by atoms with Gasteiger partial charge in [-0.1, -0.05) is 12.8 Å². The Morgan fingerprint density at radius 2 is 2.00 bits per heavy atom. The van der Waals surface area contributed by atoms with Crippen LogP contribution in [0.3, 0.4) is 0 Å². The van der Waals surface area contributed by atoms with Crippen LogP contribution < -0.4 is 0 Å². The topological polar surface area (TPSA) is 32.7 Å². The molecule has 0 aromatic carbocycles. The van der Waals surface area contributed by atoms with E-state index in [4.69, 9.17) is 4.74 Å². The minimum absolute atomic E-state index is 0.205. The Morgan fingerprint density at radius 3 is 2.50 bits per heavy atom. The largest absolute Gasteiger partial charge is 0.396 e. The van der Waals surface area contributed by atoms with E-state index in [2.05, 4.69) is 4.90 Å². The predicted octanol–water partition coefficient (Wildman–Crippen LogP) is 1.65. The van der Waals surface area contributed by atoms with Gasteiger partial charge in [0.05, 0.1) is 6.61 Å². The van der Waals surface area contributed by atoms with Gasteiger partial charge in [-0.3, -0.25) is 4.90 Å². The zero-order chi connectivity index (χ0) is 11.4. The number of aliphatic hydroxyl groups excluding tert-OH is 1. The first-order chi connectivity index (χ1) is 7.79. The van der Waals surface area contributed by atoms with Crippen molar-refractivity contribution in [2.45, 2.75) is 44.6 Å². The minimum atomic E-state index is 0.205. The number of aliphatic hydroxyl groups is 1. The van der Waals surface area contributed by atoms with Crippen molar-refractivity contribution in [2.24, 2.45) is 5.41 Å². The zero-order valence-electron chi connectivity index (χ0n) is 10.5. The number of rotatable bonds is 7. The molecule has 0 heterocycles. The van der Waals surface area contributed by atoms with Crippen LogP contribution in [0, 0.1) is 5.41 Å². The van der Waals surface area contributed by atoms with Crippen LogP contribution in [-0.2, 0) is 4.74 Å². The SMILES string of the molecule is COCCN(CC1(CO)CCCC1)C1CC1. The summed E-state index contributed by atoms with van der Waals surface area (Å²) in [4.78, 5) is 2.55. The van der Waals surface area contributed by atoms with E-state index in [0.717, 1.165) is 25.7 Å². The monoisotopic (exact) mass is 227 g/mol. The Kier molecular flexibility index (Phi) is 4.22. The van der Waals surface area contributed by atoms with Gasteiger partial charge in [-0.05, 0) is 25.7 Å². The first kappa shape index (κ1) is 12.3. The number of ether oxygens (including phenoxy) is 1. The van der Waals surface area contributed by atoms with Crippen LogP contribution in [0.15, 0.2) is 0 Å². The van der Waals surface area contributed by atoms with E-state index in [1.165, 1.54) is 38.5 Å². The fraction of sp³-hybridized carbons (Fsp3) is 1.00. The Balaban J connectivity index is 1.87. The van der Waals surface area contributed by atoms with Crippen LogP contribution in [0.4, 0.5) is 0 Å². The summed E-state index contributed by atoms with van der Waals surface area (Å²) >= 11 is 0. The Hall–Kier alpha value is -0.120. The summed E-state index contributed by atoms with van der Waals surface area (Å²) in [7, 11) is 1.77. The van der Waals surface area contributed by atoms with Crippen LogP contribution in [0.2, 0.25) is 0 Å². The van der Waals surface area contributed by atoms with Crippen molar-refractivity contribution < 1.29 is 9.84 Å². The lowest BCUT2D eigenvalue weighted by Gasteiger charge is -2.34. The summed E-state index contributed by atoms with van der Waals surface area (Å²) < 4.78 is 5.18. The maximum absolute atomic E-state index is 9.64. The van der Waals surface area contributed by atoms with Crippen LogP contribution in [0.1, 0.15) is 38.5 Å². The van der Waals surface area contributed by atoms with E-state index < -0.39 is 0 Å². The predicted molar refractivity (Wildman–Crippen MR) is 64.5 cm³/mol. The molecule has 0 amide bonds. The standard InChI is InChI=1S/C13H25NO2/c1-16-9-8-14(12-4-5-12)10-13(11-15)6-2-3-7-13/h12,15H,2-11H2,1H3. The summed E-state index contributed by atoms with van der Waals surface area (Å²) in [6.07, 6.45) is 7.68. The summed E-state index contributed by atoms with van der Waals surface area (Å²) in [5.41, 5.74) is 0.205. The number of nitrogens with zero attached hydrogens (tertiary/aromatic N) is 1. The average molecular weight is 227 g/mol. The summed E-state index contributed by atoms with van der Waals surface area (Å²) in [6.45, 7) is 3.29. The maximum atomic E-state index is 9.64. The lowest BCUT2D eigenvalue weighted by atomic mass is 9.86. The molecule has 0 aliphatic heterocycles. The zero-order valence-corrected chi connectivity index (χ0v) is 10.5. The Bertz CT molecular complexity index is 210. The van der Waals surface area contributed by atoms with E-state index in [-0.39, 0.29) is 5.41 Å². The highest BCUT2D eigenvalue weighted by molar-refractivity contribution is 4.92. The lowest BCUT2D eigenvalue weighted by Crippen LogP contribution is -2.41. The van der Waals surface area contributed by atoms with E-state index in [1.54, 1.807) is 7.11 Å². The molecular weight excluding hydrogens is 202 g/mol. The molecule has 3 heteroatoms. The van der Waals surface area contributed by atoms with Gasteiger partial charge < -0.3 is 9.84 Å². The van der Waals surface area contributed by atoms with Gasteiger partial charge in [0.2, 0.25) is 0 Å². The third-order valence-corrected chi connectivity index (χ3v) is 4.18. The number of hydrogen-bond donors (Lipinski definition) is 1. The fourth-order valence-electron chi connectivity index (χ4n) is 2.96. The molecular formula is C13H25NO2. The normalized spacial score (nSPS) is 24.2. The van der Waals surface area contributed by atoms with Crippen molar-refractivity contribution in [3.63, 3.8) is 0 Å². The summed E-state index contributed by atoms with van der Waals surface area (Å²) in [5, 5.41) is 9.64. The third-order valence-electron chi connectivity index (χ3n) is 4.18. The molecule has 16 heavy (non-hydrogen) atoms. The molecule has 0 atom stereocenters. The molecule has 2 fully saturated rings. The van der Waals surface area contributed by atoms with Gasteiger partial charge in [0.25, 0.3) is 0 Å². The van der Waals surface area contributed by atoms with E-state index in [1.807, 2.05) is 0 Å². The molecule has 0 unspecified atom stereocenters. The number of methoxy groups -OCH3 is 1. The van der Waals surface area contributed by atoms with Crippen molar-refractivity contribution in [2.75, 3.05) is 33.4 Å². The van der Waals surface area contributed by atoms with Gasteiger partial charge in [-0.15, -0.1) is 0 Å². The van der Waals surface area contributed by atoms with Crippen molar-refractivity contribution >= 4 is 0 Å². The van der Waals surface area contributed by atoms with Gasteiger partial charge in [0, 0.05) is 38.3 Å². The molecule has 94 valence electrons. The highest BCUT2D eigenvalue weighted by Gasteiger charge is 2.38. The lowest BCUT2D eigenvalue weighted by molar-refractivity contribution is 0.0593. The molecule has 3 nitrogen and oxygen atoms in total. The highest BCUT2D eigenvalue weighted by Crippen LogP contribution is 2.40. The third kappa shape index (κ3) is 2.96. The van der Waals surface area contributed by atoms with Crippen LogP contribution in [-0.4, -0.2) is 49.5 Å². The van der Waals surface area contributed by atoms with E-state index in [0.29, 0.717) is 6.61 Å². The Morgan fingerprint density at radius 1 is 1.31 bits per heavy atom. The second-order valence-corrected chi connectivity index (χ2v) is 5.56. The van der Waals surface area contributed by atoms with E-state index in [9.17, 15) is 5.11 Å². The molecule has 0 spiro atoms. The highest BCUT2D eigenvalue weighted by atomic mass is 16.5. The van der Waals surface area contributed by atoms with E-state index >= 15 is 0 Å². The number of hydrogen-bond acceptors (Lipinski definition) is 3. The molecule has 2 saturated carbocycles. The minimum Gasteiger partial charge on any atom is -0.396 e. The van der Waals surface area contributed by atoms with Crippen LogP contribution in [0.5, 0.6) is 0 Å². The molecule has 0 bridgehead atoms. The fourth-order valence-corrected chi connectivity index (χ4v) is 2.96. The van der Waals surface area contributed by atoms with Gasteiger partial charge in [-0.2, -0.15) is 0 Å². The molecule has 2 aliphatic rings. The second kappa shape index (κ2) is 5.48. The first-order valence-electron chi connectivity index (χ1n) is 6.63. The first-order valence-corrected chi connectivity index (χ1v) is 6.63. The van der Waals surface area contributed by atoms with Crippen molar-refractivity contribution in [1.82, 2.24) is 4.90 Å². The molecule has 0 aromatic heterocycles. The second-order valence-electron chi connectivity index (χ2n) is 5.56. The van der Waals surface area contributed by atoms with Crippen LogP contribution >= 0.6 is 0 Å². The maximum Gasteiger partial charge on any atom is 0.0589 e. The Labute approximate surface area is 98.8 Å². The molecule has 0 radical (unpaired) electrons. The summed E-state index contributed by atoms with van der Waals surface area (Å²) in [6, 6.07) is 0.777. The van der Waals surface area contributed by atoms with Crippen molar-refractivity contribution in [1.29, 1.82) is 0 Å². The molecule has 0 saturated heterocycles.